The molecule has 3 aromatic rings. The van der Waals surface area contributed by atoms with Gasteiger partial charge in [-0.05, 0) is 37.5 Å². The van der Waals surface area contributed by atoms with Crippen LogP contribution in [0.1, 0.15) is 25.3 Å². The summed E-state index contributed by atoms with van der Waals surface area (Å²) >= 11 is 0. The zero-order valence-corrected chi connectivity index (χ0v) is 16.1. The Kier molecular flexibility index (Phi) is 5.16. The highest BCUT2D eigenvalue weighted by Gasteiger charge is 2.38. The van der Waals surface area contributed by atoms with Gasteiger partial charge in [0, 0.05) is 23.9 Å². The summed E-state index contributed by atoms with van der Waals surface area (Å²) in [6.45, 7) is 1.94. The van der Waals surface area contributed by atoms with Gasteiger partial charge in [-0.25, -0.2) is 4.79 Å². The third kappa shape index (κ3) is 3.92. The molecule has 6 heteroatoms. The standard InChI is InChI=1S/C23H22N2O4/c1-15(13-16-7-3-2-4-8-16)24-23(28)18-11-12-21(26)25(18)19-14-22(27)29-20-10-6-5-9-17(19)20/h2-10,14-15,18H,11-13H2,1H3,(H,24,28)/t15-,18-/m0/s1. The van der Waals surface area contributed by atoms with E-state index in [1.165, 1.54) is 11.0 Å². The minimum absolute atomic E-state index is 0.0833. The van der Waals surface area contributed by atoms with Crippen molar-refractivity contribution in [2.75, 3.05) is 4.90 Å². The number of amides is 2. The number of hydrogen-bond acceptors (Lipinski definition) is 4. The molecular formula is C23H22N2O4. The van der Waals surface area contributed by atoms with Crippen molar-refractivity contribution >= 4 is 28.5 Å². The van der Waals surface area contributed by atoms with Crippen molar-refractivity contribution in [1.29, 1.82) is 0 Å². The first-order chi connectivity index (χ1) is 14.0. The van der Waals surface area contributed by atoms with Crippen molar-refractivity contribution in [3.8, 4) is 0 Å². The largest absolute Gasteiger partial charge is 0.423 e. The third-order valence-corrected chi connectivity index (χ3v) is 5.18. The average molecular weight is 390 g/mol. The zero-order valence-electron chi connectivity index (χ0n) is 16.1. The number of rotatable bonds is 5. The quantitative estimate of drug-likeness (QED) is 0.679. The van der Waals surface area contributed by atoms with Gasteiger partial charge in [0.05, 0.1) is 5.69 Å². The Bertz CT molecular complexity index is 1110. The number of carbonyl (C=O) groups excluding carboxylic acids is 2. The molecule has 1 saturated heterocycles. The number of benzene rings is 2. The molecule has 1 N–H and O–H groups in total. The lowest BCUT2D eigenvalue weighted by atomic mass is 10.1. The molecule has 148 valence electrons. The Morgan fingerprint density at radius 3 is 2.66 bits per heavy atom. The molecule has 2 atom stereocenters. The molecule has 0 radical (unpaired) electrons. The Balaban J connectivity index is 1.59. The van der Waals surface area contributed by atoms with Crippen LogP contribution in [0.3, 0.4) is 0 Å². The minimum atomic E-state index is -0.647. The molecule has 2 heterocycles. The van der Waals surface area contributed by atoms with E-state index < -0.39 is 11.7 Å². The van der Waals surface area contributed by atoms with Gasteiger partial charge >= 0.3 is 5.63 Å². The van der Waals surface area contributed by atoms with Crippen LogP contribution in [0.15, 0.2) is 69.9 Å². The molecule has 0 aliphatic carbocycles. The van der Waals surface area contributed by atoms with Crippen molar-refractivity contribution in [3.63, 3.8) is 0 Å². The molecule has 6 nitrogen and oxygen atoms in total. The van der Waals surface area contributed by atoms with Crippen LogP contribution in [0.25, 0.3) is 11.0 Å². The summed E-state index contributed by atoms with van der Waals surface area (Å²) < 4.78 is 5.23. The fourth-order valence-electron chi connectivity index (χ4n) is 3.89. The fraction of sp³-hybridized carbons (Fsp3) is 0.261. The van der Waals surface area contributed by atoms with Gasteiger partial charge in [0.15, 0.2) is 0 Å². The second-order valence-electron chi connectivity index (χ2n) is 7.36. The van der Waals surface area contributed by atoms with Gasteiger partial charge in [-0.15, -0.1) is 0 Å². The topological polar surface area (TPSA) is 79.6 Å². The predicted octanol–water partition coefficient (Wildman–Crippen LogP) is 3.04. The predicted molar refractivity (Wildman–Crippen MR) is 111 cm³/mol. The van der Waals surface area contributed by atoms with Crippen molar-refractivity contribution in [2.24, 2.45) is 0 Å². The molecule has 1 aromatic heterocycles. The van der Waals surface area contributed by atoms with Gasteiger partial charge < -0.3 is 9.73 Å². The van der Waals surface area contributed by atoms with E-state index in [1.807, 2.05) is 43.3 Å². The van der Waals surface area contributed by atoms with Gasteiger partial charge in [-0.2, -0.15) is 0 Å². The molecule has 2 amide bonds. The lowest BCUT2D eigenvalue weighted by Gasteiger charge is -2.26. The van der Waals surface area contributed by atoms with Crippen LogP contribution < -0.4 is 15.8 Å². The minimum Gasteiger partial charge on any atom is -0.423 e. The molecule has 0 unspecified atom stereocenters. The third-order valence-electron chi connectivity index (χ3n) is 5.18. The number of fused-ring (bicyclic) bond motifs is 1. The molecule has 0 bridgehead atoms. The Morgan fingerprint density at radius 2 is 1.86 bits per heavy atom. The lowest BCUT2D eigenvalue weighted by molar-refractivity contribution is -0.124. The van der Waals surface area contributed by atoms with E-state index in [0.29, 0.717) is 29.5 Å². The number of para-hydroxylation sites is 1. The zero-order chi connectivity index (χ0) is 20.4. The second-order valence-corrected chi connectivity index (χ2v) is 7.36. The first-order valence-corrected chi connectivity index (χ1v) is 9.72. The van der Waals surface area contributed by atoms with Crippen LogP contribution in [0, 0.1) is 0 Å². The van der Waals surface area contributed by atoms with E-state index in [0.717, 1.165) is 5.56 Å². The molecule has 0 spiro atoms. The molecular weight excluding hydrogens is 368 g/mol. The van der Waals surface area contributed by atoms with Crippen molar-refractivity contribution < 1.29 is 14.0 Å². The maximum absolute atomic E-state index is 13.0. The maximum atomic E-state index is 13.0. The van der Waals surface area contributed by atoms with Crippen LogP contribution in [-0.4, -0.2) is 23.9 Å². The van der Waals surface area contributed by atoms with Gasteiger partial charge in [-0.3, -0.25) is 14.5 Å². The number of anilines is 1. The molecule has 4 rings (SSSR count). The summed E-state index contributed by atoms with van der Waals surface area (Å²) in [7, 11) is 0. The van der Waals surface area contributed by atoms with E-state index in [9.17, 15) is 14.4 Å². The Morgan fingerprint density at radius 1 is 1.14 bits per heavy atom. The first kappa shape index (κ1) is 18.9. The van der Waals surface area contributed by atoms with E-state index >= 15 is 0 Å². The first-order valence-electron chi connectivity index (χ1n) is 9.72. The molecule has 2 aromatic carbocycles. The lowest BCUT2D eigenvalue weighted by Crippen LogP contribution is -2.48. The van der Waals surface area contributed by atoms with Crippen LogP contribution in [0.2, 0.25) is 0 Å². The van der Waals surface area contributed by atoms with E-state index in [2.05, 4.69) is 5.32 Å². The van der Waals surface area contributed by atoms with Crippen molar-refractivity contribution in [1.82, 2.24) is 5.32 Å². The molecule has 29 heavy (non-hydrogen) atoms. The van der Waals surface area contributed by atoms with E-state index in [-0.39, 0.29) is 24.3 Å². The Labute approximate surface area is 168 Å². The van der Waals surface area contributed by atoms with Crippen molar-refractivity contribution in [3.05, 3.63) is 76.6 Å². The molecule has 0 saturated carbocycles. The molecule has 1 fully saturated rings. The summed E-state index contributed by atoms with van der Waals surface area (Å²) in [6, 6.07) is 17.5. The Hall–Kier alpha value is -3.41. The van der Waals surface area contributed by atoms with Gasteiger partial charge in [-0.1, -0.05) is 42.5 Å². The van der Waals surface area contributed by atoms with E-state index in [1.54, 1.807) is 18.2 Å². The second kappa shape index (κ2) is 7.91. The SMILES string of the molecule is C[C@@H](Cc1ccccc1)NC(=O)[C@@H]1CCC(=O)N1c1cc(=O)oc2ccccc12. The summed E-state index contributed by atoms with van der Waals surface area (Å²) in [4.78, 5) is 39.1. The van der Waals surface area contributed by atoms with Gasteiger partial charge in [0.25, 0.3) is 0 Å². The van der Waals surface area contributed by atoms with Gasteiger partial charge in [0.1, 0.15) is 11.6 Å². The number of hydrogen-bond donors (Lipinski definition) is 1. The average Bonchev–Trinajstić information content (AvgIpc) is 3.09. The molecule has 1 aliphatic rings. The van der Waals surface area contributed by atoms with E-state index in [4.69, 9.17) is 4.42 Å². The van der Waals surface area contributed by atoms with Crippen LogP contribution in [0.5, 0.6) is 0 Å². The smallest absolute Gasteiger partial charge is 0.338 e. The highest BCUT2D eigenvalue weighted by molar-refractivity contribution is 6.08. The summed E-state index contributed by atoms with van der Waals surface area (Å²) in [5.41, 5.74) is 1.41. The monoisotopic (exact) mass is 390 g/mol. The van der Waals surface area contributed by atoms with Gasteiger partial charge in [0.2, 0.25) is 11.8 Å². The van der Waals surface area contributed by atoms with Crippen molar-refractivity contribution in [2.45, 2.75) is 38.3 Å². The van der Waals surface area contributed by atoms with Crippen LogP contribution >= 0.6 is 0 Å². The maximum Gasteiger partial charge on any atom is 0.338 e. The number of nitrogens with one attached hydrogen (secondary N) is 1. The normalized spacial score (nSPS) is 17.5. The fourth-order valence-corrected chi connectivity index (χ4v) is 3.89. The van der Waals surface area contributed by atoms with Crippen LogP contribution in [0.4, 0.5) is 5.69 Å². The molecule has 1 aliphatic heterocycles. The highest BCUT2D eigenvalue weighted by Crippen LogP contribution is 2.32. The number of nitrogens with zero attached hydrogens (tertiary/aromatic N) is 1. The summed E-state index contributed by atoms with van der Waals surface area (Å²) in [5, 5.41) is 3.66. The number of carbonyl (C=O) groups is 2. The summed E-state index contributed by atoms with van der Waals surface area (Å²) in [5.74, 6) is -0.381. The highest BCUT2D eigenvalue weighted by atomic mass is 16.4. The van der Waals surface area contributed by atoms with Crippen LogP contribution in [-0.2, 0) is 16.0 Å². The summed E-state index contributed by atoms with van der Waals surface area (Å²) in [6.07, 6.45) is 1.38.